The van der Waals surface area contributed by atoms with Gasteiger partial charge in [0.15, 0.2) is 5.16 Å². The molecule has 0 aliphatic heterocycles. The number of nitrogens with zero attached hydrogens (tertiary/aromatic N) is 1. The van der Waals surface area contributed by atoms with Gasteiger partial charge in [-0.15, -0.1) is 0 Å². The molecule has 0 saturated carbocycles. The fourth-order valence-electron chi connectivity index (χ4n) is 1.89. The Labute approximate surface area is 116 Å². The first-order valence-corrected chi connectivity index (χ1v) is 7.13. The molecule has 19 heavy (non-hydrogen) atoms. The van der Waals surface area contributed by atoms with Crippen molar-refractivity contribution in [3.63, 3.8) is 0 Å². The minimum atomic E-state index is -0.798. The highest BCUT2D eigenvalue weighted by Crippen LogP contribution is 2.28. The molecule has 0 aliphatic rings. The maximum absolute atomic E-state index is 11.2. The topological polar surface area (TPSA) is 66.0 Å². The van der Waals surface area contributed by atoms with E-state index in [0.717, 1.165) is 11.0 Å². The molecular weight excluding hydrogens is 260 g/mol. The molecule has 2 aromatic rings. The first kappa shape index (κ1) is 13.9. The van der Waals surface area contributed by atoms with Gasteiger partial charge in [0.05, 0.1) is 11.0 Å². The van der Waals surface area contributed by atoms with E-state index in [1.165, 1.54) is 22.9 Å². The van der Waals surface area contributed by atoms with E-state index >= 15 is 0 Å². The second-order valence-corrected chi connectivity index (χ2v) is 6.25. The zero-order valence-electron chi connectivity index (χ0n) is 11.5. The third kappa shape index (κ3) is 2.92. The van der Waals surface area contributed by atoms with E-state index < -0.39 is 11.2 Å². The van der Waals surface area contributed by atoms with Crippen LogP contribution < -0.4 is 0 Å². The molecule has 0 radical (unpaired) electrons. The van der Waals surface area contributed by atoms with Crippen molar-refractivity contribution in [2.45, 2.75) is 38.1 Å². The number of H-pyrrole nitrogens is 1. The Bertz CT molecular complexity index is 580. The third-order valence-electron chi connectivity index (χ3n) is 3.16. The summed E-state index contributed by atoms with van der Waals surface area (Å²) in [7, 11) is 0. The standard InChI is InChI=1S/C14H18N2O2S/c1-7(2)12(13(17)18)19-14-15-10-5-8(3)9(4)6-11(10)16-14/h5-7,12H,1-4H3,(H,15,16)(H,17,18). The molecule has 0 amide bonds. The van der Waals surface area contributed by atoms with Crippen molar-refractivity contribution >= 4 is 28.8 Å². The number of carbonyl (C=O) groups is 1. The van der Waals surface area contributed by atoms with E-state index in [1.807, 2.05) is 32.9 Å². The number of imidazole rings is 1. The maximum atomic E-state index is 11.2. The van der Waals surface area contributed by atoms with Crippen molar-refractivity contribution in [2.24, 2.45) is 5.92 Å². The number of aliphatic carboxylic acids is 1. The van der Waals surface area contributed by atoms with Gasteiger partial charge in [-0.25, -0.2) is 4.98 Å². The van der Waals surface area contributed by atoms with Gasteiger partial charge in [0.1, 0.15) is 5.25 Å². The molecule has 4 nitrogen and oxygen atoms in total. The van der Waals surface area contributed by atoms with Gasteiger partial charge in [-0.05, 0) is 43.0 Å². The van der Waals surface area contributed by atoms with Crippen molar-refractivity contribution in [1.29, 1.82) is 0 Å². The van der Waals surface area contributed by atoms with E-state index in [1.54, 1.807) is 0 Å². The highest BCUT2D eigenvalue weighted by atomic mass is 32.2. The van der Waals surface area contributed by atoms with Crippen LogP contribution >= 0.6 is 11.8 Å². The molecule has 0 spiro atoms. The fraction of sp³-hybridized carbons (Fsp3) is 0.429. The molecule has 1 heterocycles. The monoisotopic (exact) mass is 278 g/mol. The third-order valence-corrected chi connectivity index (χ3v) is 4.58. The Hall–Kier alpha value is -1.49. The predicted octanol–water partition coefficient (Wildman–Crippen LogP) is 3.38. The van der Waals surface area contributed by atoms with E-state index in [-0.39, 0.29) is 5.92 Å². The molecule has 1 aromatic carbocycles. The summed E-state index contributed by atoms with van der Waals surface area (Å²) in [4.78, 5) is 18.9. The number of nitrogens with one attached hydrogen (secondary N) is 1. The molecule has 0 bridgehead atoms. The minimum Gasteiger partial charge on any atom is -0.480 e. The smallest absolute Gasteiger partial charge is 0.317 e. The van der Waals surface area contributed by atoms with Crippen molar-refractivity contribution in [3.05, 3.63) is 23.3 Å². The van der Waals surface area contributed by atoms with Gasteiger partial charge in [-0.2, -0.15) is 0 Å². The molecule has 1 atom stereocenters. The lowest BCUT2D eigenvalue weighted by atomic mass is 10.1. The predicted molar refractivity (Wildman–Crippen MR) is 77.7 cm³/mol. The molecule has 1 aromatic heterocycles. The van der Waals surface area contributed by atoms with Crippen LogP contribution in [0.15, 0.2) is 17.3 Å². The molecule has 5 heteroatoms. The van der Waals surface area contributed by atoms with Crippen LogP contribution in [0.2, 0.25) is 0 Å². The summed E-state index contributed by atoms with van der Waals surface area (Å²) < 4.78 is 0. The quantitative estimate of drug-likeness (QED) is 0.841. The first-order valence-electron chi connectivity index (χ1n) is 6.25. The molecule has 0 fully saturated rings. The van der Waals surface area contributed by atoms with Crippen molar-refractivity contribution in [1.82, 2.24) is 9.97 Å². The molecule has 2 rings (SSSR count). The highest BCUT2D eigenvalue weighted by Gasteiger charge is 2.24. The number of carboxylic acid groups (broad SMARTS) is 1. The summed E-state index contributed by atoms with van der Waals surface area (Å²) in [5.74, 6) is -0.744. The van der Waals surface area contributed by atoms with Crippen LogP contribution in [0.3, 0.4) is 0 Å². The van der Waals surface area contributed by atoms with Crippen LogP contribution in [0.4, 0.5) is 0 Å². The number of aromatic amines is 1. The lowest BCUT2D eigenvalue weighted by Gasteiger charge is -2.13. The minimum absolute atomic E-state index is 0.0548. The Kier molecular flexibility index (Phi) is 3.85. The number of thioether (sulfide) groups is 1. The van der Waals surface area contributed by atoms with Gasteiger partial charge in [0.25, 0.3) is 0 Å². The SMILES string of the molecule is Cc1cc2nc(SC(C(=O)O)C(C)C)[nH]c2cc1C. The van der Waals surface area contributed by atoms with Crippen LogP contribution in [-0.2, 0) is 4.79 Å². The van der Waals surface area contributed by atoms with Gasteiger partial charge in [-0.3, -0.25) is 4.79 Å². The molecular formula is C14H18N2O2S. The number of rotatable bonds is 4. The van der Waals surface area contributed by atoms with E-state index in [4.69, 9.17) is 0 Å². The fourth-order valence-corrected chi connectivity index (χ4v) is 2.83. The van der Waals surface area contributed by atoms with Crippen LogP contribution in [0.1, 0.15) is 25.0 Å². The Balaban J connectivity index is 2.33. The second kappa shape index (κ2) is 5.25. The van der Waals surface area contributed by atoms with Crippen LogP contribution in [0.5, 0.6) is 0 Å². The number of benzene rings is 1. The largest absolute Gasteiger partial charge is 0.480 e. The van der Waals surface area contributed by atoms with Gasteiger partial charge < -0.3 is 10.1 Å². The molecule has 0 saturated heterocycles. The van der Waals surface area contributed by atoms with Crippen LogP contribution in [-0.4, -0.2) is 26.3 Å². The molecule has 0 aliphatic carbocycles. The molecule has 2 N–H and O–H groups in total. The van der Waals surface area contributed by atoms with Gasteiger partial charge in [-0.1, -0.05) is 25.6 Å². The average molecular weight is 278 g/mol. The number of aromatic nitrogens is 2. The number of aryl methyl sites for hydroxylation is 2. The lowest BCUT2D eigenvalue weighted by molar-refractivity contribution is -0.137. The van der Waals surface area contributed by atoms with E-state index in [0.29, 0.717) is 5.16 Å². The zero-order valence-corrected chi connectivity index (χ0v) is 12.3. The Morgan fingerprint density at radius 1 is 1.32 bits per heavy atom. The number of fused-ring (bicyclic) bond motifs is 1. The second-order valence-electron chi connectivity index (χ2n) is 5.12. The summed E-state index contributed by atoms with van der Waals surface area (Å²) in [5.41, 5.74) is 4.23. The Morgan fingerprint density at radius 2 is 1.95 bits per heavy atom. The number of hydrogen-bond acceptors (Lipinski definition) is 3. The highest BCUT2D eigenvalue weighted by molar-refractivity contribution is 8.00. The van der Waals surface area contributed by atoms with Gasteiger partial charge >= 0.3 is 5.97 Å². The van der Waals surface area contributed by atoms with Crippen molar-refractivity contribution < 1.29 is 9.90 Å². The van der Waals surface area contributed by atoms with E-state index in [2.05, 4.69) is 16.9 Å². The summed E-state index contributed by atoms with van der Waals surface area (Å²) >= 11 is 1.28. The van der Waals surface area contributed by atoms with Crippen molar-refractivity contribution in [2.75, 3.05) is 0 Å². The number of hydrogen-bond donors (Lipinski definition) is 2. The lowest BCUT2D eigenvalue weighted by Crippen LogP contribution is -2.22. The average Bonchev–Trinajstić information content (AvgIpc) is 2.67. The van der Waals surface area contributed by atoms with Gasteiger partial charge in [0, 0.05) is 0 Å². The van der Waals surface area contributed by atoms with Crippen LogP contribution in [0, 0.1) is 19.8 Å². The van der Waals surface area contributed by atoms with Crippen molar-refractivity contribution in [3.8, 4) is 0 Å². The normalized spacial score (nSPS) is 13.1. The van der Waals surface area contributed by atoms with Crippen LogP contribution in [0.25, 0.3) is 11.0 Å². The van der Waals surface area contributed by atoms with Gasteiger partial charge in [0.2, 0.25) is 0 Å². The molecule has 102 valence electrons. The summed E-state index contributed by atoms with van der Waals surface area (Å²) in [6, 6.07) is 4.07. The number of carboxylic acids is 1. The summed E-state index contributed by atoms with van der Waals surface area (Å²) in [6.45, 7) is 7.91. The first-order chi connectivity index (χ1) is 8.88. The summed E-state index contributed by atoms with van der Waals surface area (Å²) in [5, 5.41) is 9.39. The Morgan fingerprint density at radius 3 is 2.53 bits per heavy atom. The molecule has 1 unspecified atom stereocenters. The summed E-state index contributed by atoms with van der Waals surface area (Å²) in [6.07, 6.45) is 0. The van der Waals surface area contributed by atoms with E-state index in [9.17, 15) is 9.90 Å². The maximum Gasteiger partial charge on any atom is 0.317 e. The zero-order chi connectivity index (χ0) is 14.2.